The second-order valence-corrected chi connectivity index (χ2v) is 4.99. The number of hydrogen-bond acceptors (Lipinski definition) is 4. The summed E-state index contributed by atoms with van der Waals surface area (Å²) in [5.74, 6) is 2.01. The molecular weight excluding hydrogens is 306 g/mol. The minimum absolute atomic E-state index is 0.584. The Kier molecular flexibility index (Phi) is 2.98. The molecule has 2 heterocycles. The lowest BCUT2D eigenvalue weighted by atomic mass is 10.2. The number of nitrogens with zero attached hydrogens (tertiary/aromatic N) is 2. The van der Waals surface area contributed by atoms with Crippen molar-refractivity contribution < 1.29 is 4.42 Å². The fourth-order valence-electron chi connectivity index (χ4n) is 1.93. The van der Waals surface area contributed by atoms with Crippen LogP contribution in [-0.2, 0) is 0 Å². The SMILES string of the molecule is CNc1nc(-c2cc3ccccc3o2)nc(C)c1Br. The molecule has 0 atom stereocenters. The van der Waals surface area contributed by atoms with Gasteiger partial charge in [-0.2, -0.15) is 0 Å². The van der Waals surface area contributed by atoms with Crippen molar-refractivity contribution in [1.29, 1.82) is 0 Å². The molecular formula is C14H12BrN3O. The maximum atomic E-state index is 5.78. The molecule has 0 fully saturated rings. The van der Waals surface area contributed by atoms with E-state index in [4.69, 9.17) is 4.42 Å². The minimum atomic E-state index is 0.584. The molecule has 0 amide bonds. The lowest BCUT2D eigenvalue weighted by Crippen LogP contribution is -2.00. The molecule has 0 aliphatic heterocycles. The summed E-state index contributed by atoms with van der Waals surface area (Å²) in [4.78, 5) is 8.91. The van der Waals surface area contributed by atoms with Crippen molar-refractivity contribution in [2.75, 3.05) is 12.4 Å². The standard InChI is InChI=1S/C14H12BrN3O/c1-8-12(15)14(16-2)18-13(17-8)11-7-9-5-3-4-6-10(9)19-11/h3-7H,1-2H3,(H,16,17,18). The summed E-state index contributed by atoms with van der Waals surface area (Å²) in [6.07, 6.45) is 0. The Morgan fingerprint density at radius 2 is 2.00 bits per heavy atom. The third kappa shape index (κ3) is 2.10. The van der Waals surface area contributed by atoms with E-state index in [1.165, 1.54) is 0 Å². The lowest BCUT2D eigenvalue weighted by molar-refractivity contribution is 0.625. The van der Waals surface area contributed by atoms with Gasteiger partial charge in [0, 0.05) is 12.4 Å². The molecule has 96 valence electrons. The molecule has 2 aromatic heterocycles. The van der Waals surface area contributed by atoms with E-state index in [0.29, 0.717) is 11.6 Å². The third-order valence-electron chi connectivity index (χ3n) is 2.90. The van der Waals surface area contributed by atoms with Gasteiger partial charge in [0.1, 0.15) is 11.4 Å². The number of fused-ring (bicyclic) bond motifs is 1. The predicted octanol–water partition coefficient (Wildman–Crippen LogP) is 4.00. The van der Waals surface area contributed by atoms with Gasteiger partial charge in [0.25, 0.3) is 0 Å². The average molecular weight is 318 g/mol. The highest BCUT2D eigenvalue weighted by atomic mass is 79.9. The first-order valence-electron chi connectivity index (χ1n) is 5.90. The zero-order chi connectivity index (χ0) is 13.4. The van der Waals surface area contributed by atoms with Crippen LogP contribution in [0.25, 0.3) is 22.6 Å². The van der Waals surface area contributed by atoms with Crippen molar-refractivity contribution in [1.82, 2.24) is 9.97 Å². The highest BCUT2D eigenvalue weighted by molar-refractivity contribution is 9.10. The van der Waals surface area contributed by atoms with Crippen LogP contribution in [0, 0.1) is 6.92 Å². The zero-order valence-electron chi connectivity index (χ0n) is 10.6. The van der Waals surface area contributed by atoms with E-state index in [2.05, 4.69) is 31.2 Å². The van der Waals surface area contributed by atoms with Crippen molar-refractivity contribution in [3.8, 4) is 11.6 Å². The van der Waals surface area contributed by atoms with Crippen LogP contribution >= 0.6 is 15.9 Å². The smallest absolute Gasteiger partial charge is 0.197 e. The van der Waals surface area contributed by atoms with E-state index in [0.717, 1.165) is 27.0 Å². The first-order valence-corrected chi connectivity index (χ1v) is 6.69. The maximum absolute atomic E-state index is 5.78. The fraction of sp³-hybridized carbons (Fsp3) is 0.143. The quantitative estimate of drug-likeness (QED) is 0.776. The summed E-state index contributed by atoms with van der Waals surface area (Å²) >= 11 is 3.46. The Morgan fingerprint density at radius 3 is 2.74 bits per heavy atom. The van der Waals surface area contributed by atoms with Crippen molar-refractivity contribution in [3.05, 3.63) is 40.5 Å². The van der Waals surface area contributed by atoms with Gasteiger partial charge in [0.15, 0.2) is 11.6 Å². The number of para-hydroxylation sites is 1. The minimum Gasteiger partial charge on any atom is -0.453 e. The van der Waals surface area contributed by atoms with Gasteiger partial charge < -0.3 is 9.73 Å². The zero-order valence-corrected chi connectivity index (χ0v) is 12.2. The highest BCUT2D eigenvalue weighted by Crippen LogP contribution is 2.29. The van der Waals surface area contributed by atoms with Gasteiger partial charge in [-0.05, 0) is 35.0 Å². The van der Waals surface area contributed by atoms with Crippen molar-refractivity contribution in [2.24, 2.45) is 0 Å². The number of rotatable bonds is 2. The van der Waals surface area contributed by atoms with E-state index in [9.17, 15) is 0 Å². The summed E-state index contributed by atoms with van der Waals surface area (Å²) in [5.41, 5.74) is 1.71. The maximum Gasteiger partial charge on any atom is 0.197 e. The van der Waals surface area contributed by atoms with Crippen molar-refractivity contribution >= 4 is 32.7 Å². The normalized spacial score (nSPS) is 10.9. The van der Waals surface area contributed by atoms with Gasteiger partial charge in [-0.3, -0.25) is 0 Å². The van der Waals surface area contributed by atoms with Crippen LogP contribution in [0.5, 0.6) is 0 Å². The Morgan fingerprint density at radius 1 is 1.21 bits per heavy atom. The average Bonchev–Trinajstić information content (AvgIpc) is 2.85. The molecule has 0 saturated carbocycles. The first-order chi connectivity index (χ1) is 9.19. The van der Waals surface area contributed by atoms with Crippen LogP contribution in [-0.4, -0.2) is 17.0 Å². The molecule has 1 N–H and O–H groups in total. The van der Waals surface area contributed by atoms with Crippen LogP contribution in [0.4, 0.5) is 5.82 Å². The number of furan rings is 1. The Hall–Kier alpha value is -1.88. The second-order valence-electron chi connectivity index (χ2n) is 4.19. The van der Waals surface area contributed by atoms with E-state index in [-0.39, 0.29) is 0 Å². The molecule has 0 aliphatic rings. The van der Waals surface area contributed by atoms with Gasteiger partial charge in [0.05, 0.1) is 10.2 Å². The van der Waals surface area contributed by atoms with Gasteiger partial charge >= 0.3 is 0 Å². The topological polar surface area (TPSA) is 51.0 Å². The molecule has 4 nitrogen and oxygen atoms in total. The summed E-state index contributed by atoms with van der Waals surface area (Å²) < 4.78 is 6.65. The number of hydrogen-bond donors (Lipinski definition) is 1. The summed E-state index contributed by atoms with van der Waals surface area (Å²) in [6, 6.07) is 9.82. The Bertz CT molecular complexity index is 719. The Balaban J connectivity index is 2.18. The Labute approximate surface area is 119 Å². The summed E-state index contributed by atoms with van der Waals surface area (Å²) in [6.45, 7) is 1.93. The summed E-state index contributed by atoms with van der Waals surface area (Å²) in [5, 5.41) is 4.09. The van der Waals surface area contributed by atoms with Crippen LogP contribution < -0.4 is 5.32 Å². The molecule has 0 radical (unpaired) electrons. The van der Waals surface area contributed by atoms with Crippen LogP contribution in [0.2, 0.25) is 0 Å². The van der Waals surface area contributed by atoms with E-state index in [1.54, 1.807) is 0 Å². The van der Waals surface area contributed by atoms with Crippen LogP contribution in [0.1, 0.15) is 5.69 Å². The highest BCUT2D eigenvalue weighted by Gasteiger charge is 2.13. The molecule has 3 aromatic rings. The molecule has 5 heteroatoms. The largest absolute Gasteiger partial charge is 0.453 e. The number of aromatic nitrogens is 2. The van der Waals surface area contributed by atoms with Crippen molar-refractivity contribution in [2.45, 2.75) is 6.92 Å². The van der Waals surface area contributed by atoms with Gasteiger partial charge in [-0.1, -0.05) is 18.2 Å². The van der Waals surface area contributed by atoms with Crippen LogP contribution in [0.3, 0.4) is 0 Å². The number of nitrogens with one attached hydrogen (secondary N) is 1. The van der Waals surface area contributed by atoms with E-state index >= 15 is 0 Å². The van der Waals surface area contributed by atoms with E-state index in [1.807, 2.05) is 44.3 Å². The van der Waals surface area contributed by atoms with Crippen LogP contribution in [0.15, 0.2) is 39.2 Å². The van der Waals surface area contributed by atoms with Crippen molar-refractivity contribution in [3.63, 3.8) is 0 Å². The number of anilines is 1. The monoisotopic (exact) mass is 317 g/mol. The fourth-order valence-corrected chi connectivity index (χ4v) is 2.30. The predicted molar refractivity (Wildman–Crippen MR) is 79.2 cm³/mol. The number of halogens is 1. The third-order valence-corrected chi connectivity index (χ3v) is 3.85. The first kappa shape index (κ1) is 12.2. The molecule has 0 unspecified atom stereocenters. The molecule has 0 spiro atoms. The van der Waals surface area contributed by atoms with Gasteiger partial charge in [-0.25, -0.2) is 9.97 Å². The molecule has 0 aliphatic carbocycles. The molecule has 19 heavy (non-hydrogen) atoms. The number of benzene rings is 1. The van der Waals surface area contributed by atoms with E-state index < -0.39 is 0 Å². The lowest BCUT2D eigenvalue weighted by Gasteiger charge is -2.06. The molecule has 0 saturated heterocycles. The molecule has 3 rings (SSSR count). The molecule has 1 aromatic carbocycles. The second kappa shape index (κ2) is 4.66. The molecule has 0 bridgehead atoms. The van der Waals surface area contributed by atoms with Gasteiger partial charge in [0.2, 0.25) is 0 Å². The summed E-state index contributed by atoms with van der Waals surface area (Å²) in [7, 11) is 1.83. The number of aryl methyl sites for hydroxylation is 1. The van der Waals surface area contributed by atoms with Gasteiger partial charge in [-0.15, -0.1) is 0 Å².